The minimum Gasteiger partial charge on any atom is -0.484 e. The molecule has 0 bridgehead atoms. The third-order valence-electron chi connectivity index (χ3n) is 2.74. The average molecular weight is 258 g/mol. The van der Waals surface area contributed by atoms with Crippen LogP contribution in [0.2, 0.25) is 0 Å². The number of carbonyl (C=O) groups excluding carboxylic acids is 1. The average Bonchev–Trinajstić information content (AvgIpc) is 2.23. The minimum atomic E-state index is -0.344. The number of ether oxygens (including phenoxy) is 1. The third-order valence-corrected chi connectivity index (χ3v) is 3.15. The molecule has 1 heterocycles. The second-order valence-corrected chi connectivity index (χ2v) is 5.48. The van der Waals surface area contributed by atoms with Crippen molar-refractivity contribution in [2.45, 2.75) is 34.1 Å². The number of allylic oxidation sites excluding steroid dienone is 2. The van der Waals surface area contributed by atoms with E-state index in [-0.39, 0.29) is 22.7 Å². The normalized spacial score (nSPS) is 21.3. The molecule has 1 aliphatic rings. The van der Waals surface area contributed by atoms with Crippen molar-refractivity contribution in [3.05, 3.63) is 10.7 Å². The van der Waals surface area contributed by atoms with Crippen LogP contribution in [-0.2, 0) is 9.53 Å². The fourth-order valence-electron chi connectivity index (χ4n) is 1.92. The molecule has 0 radical (unpaired) electrons. The second-order valence-electron chi connectivity index (χ2n) is 5.10. The number of hydrogen-bond donors (Lipinski definition) is 0. The number of aliphatic imine (C=N–C) groups is 1. The van der Waals surface area contributed by atoms with E-state index in [1.54, 1.807) is 7.11 Å². The number of nitrogens with zero attached hydrogens (tertiary/aromatic N) is 1. The summed E-state index contributed by atoms with van der Waals surface area (Å²) in [6.45, 7) is 8.07. The van der Waals surface area contributed by atoms with Gasteiger partial charge in [0.05, 0.1) is 12.8 Å². The third kappa shape index (κ3) is 3.09. The highest BCUT2D eigenvalue weighted by Crippen LogP contribution is 2.31. The molecule has 4 heteroatoms. The van der Waals surface area contributed by atoms with Crippen molar-refractivity contribution < 1.29 is 9.53 Å². The SMILES string of the molecule is COC1=NC(CC(C)C)=C(Cl)C(=O)C1C(C)C. The maximum atomic E-state index is 12.2. The van der Waals surface area contributed by atoms with Gasteiger partial charge in [0, 0.05) is 0 Å². The van der Waals surface area contributed by atoms with E-state index in [0.29, 0.717) is 23.9 Å². The van der Waals surface area contributed by atoms with Gasteiger partial charge in [-0.3, -0.25) is 4.79 Å². The molecule has 1 aliphatic heterocycles. The smallest absolute Gasteiger partial charge is 0.199 e. The van der Waals surface area contributed by atoms with E-state index in [0.717, 1.165) is 0 Å². The Hall–Kier alpha value is -0.830. The van der Waals surface area contributed by atoms with E-state index in [1.807, 2.05) is 13.8 Å². The quantitative estimate of drug-likeness (QED) is 0.777. The van der Waals surface area contributed by atoms with Gasteiger partial charge in [0.2, 0.25) is 0 Å². The van der Waals surface area contributed by atoms with Crippen LogP contribution in [0.1, 0.15) is 34.1 Å². The van der Waals surface area contributed by atoms with Gasteiger partial charge in [0.15, 0.2) is 11.7 Å². The van der Waals surface area contributed by atoms with Crippen molar-refractivity contribution in [1.82, 2.24) is 0 Å². The van der Waals surface area contributed by atoms with Crippen molar-refractivity contribution in [2.75, 3.05) is 7.11 Å². The molecule has 0 aromatic rings. The molecular weight excluding hydrogens is 238 g/mol. The first-order valence-electron chi connectivity index (χ1n) is 5.93. The maximum Gasteiger partial charge on any atom is 0.199 e. The predicted molar refractivity (Wildman–Crippen MR) is 70.1 cm³/mol. The Morgan fingerprint density at radius 3 is 2.35 bits per heavy atom. The van der Waals surface area contributed by atoms with Crippen LogP contribution < -0.4 is 0 Å². The van der Waals surface area contributed by atoms with Gasteiger partial charge in [0.1, 0.15) is 11.0 Å². The van der Waals surface area contributed by atoms with E-state index >= 15 is 0 Å². The van der Waals surface area contributed by atoms with Crippen LogP contribution >= 0.6 is 11.6 Å². The topological polar surface area (TPSA) is 38.7 Å². The van der Waals surface area contributed by atoms with Crippen molar-refractivity contribution in [1.29, 1.82) is 0 Å². The molecular formula is C13H20ClNO2. The first-order chi connectivity index (χ1) is 7.88. The van der Waals surface area contributed by atoms with Gasteiger partial charge < -0.3 is 4.74 Å². The number of ketones is 1. The van der Waals surface area contributed by atoms with Gasteiger partial charge >= 0.3 is 0 Å². The van der Waals surface area contributed by atoms with Crippen LogP contribution in [0.5, 0.6) is 0 Å². The predicted octanol–water partition coefficient (Wildman–Crippen LogP) is 3.38. The Bertz CT molecular complexity index is 370. The number of hydrogen-bond acceptors (Lipinski definition) is 3. The van der Waals surface area contributed by atoms with Crippen molar-refractivity contribution in [2.24, 2.45) is 22.7 Å². The van der Waals surface area contributed by atoms with Gasteiger partial charge in [-0.1, -0.05) is 39.3 Å². The van der Waals surface area contributed by atoms with E-state index in [9.17, 15) is 4.79 Å². The number of halogens is 1. The molecule has 0 saturated carbocycles. The fraction of sp³-hybridized carbons (Fsp3) is 0.692. The van der Waals surface area contributed by atoms with Crippen molar-refractivity contribution >= 4 is 23.3 Å². The van der Waals surface area contributed by atoms with Crippen LogP contribution in [0.15, 0.2) is 15.7 Å². The van der Waals surface area contributed by atoms with E-state index in [1.165, 1.54) is 0 Å². The minimum absolute atomic E-state index is 0.0656. The van der Waals surface area contributed by atoms with Gasteiger partial charge in [-0.25, -0.2) is 4.99 Å². The standard InChI is InChI=1S/C13H20ClNO2/c1-7(2)6-9-11(14)12(16)10(8(3)4)13(15-9)17-5/h7-8,10H,6H2,1-5H3. The van der Waals surface area contributed by atoms with Crippen molar-refractivity contribution in [3.8, 4) is 0 Å². The highest BCUT2D eigenvalue weighted by atomic mass is 35.5. The summed E-state index contributed by atoms with van der Waals surface area (Å²) in [4.78, 5) is 16.6. The van der Waals surface area contributed by atoms with Gasteiger partial charge in [-0.2, -0.15) is 0 Å². The molecule has 0 spiro atoms. The summed E-state index contributed by atoms with van der Waals surface area (Å²) in [5, 5.41) is 0.276. The Labute approximate surface area is 108 Å². The molecule has 0 aromatic heterocycles. The summed E-state index contributed by atoms with van der Waals surface area (Å²) in [6.07, 6.45) is 0.697. The second kappa shape index (κ2) is 5.67. The van der Waals surface area contributed by atoms with E-state index < -0.39 is 0 Å². The Morgan fingerprint density at radius 2 is 1.94 bits per heavy atom. The molecule has 1 unspecified atom stereocenters. The van der Waals surface area contributed by atoms with E-state index in [4.69, 9.17) is 16.3 Å². The molecule has 0 saturated heterocycles. The van der Waals surface area contributed by atoms with Crippen molar-refractivity contribution in [3.63, 3.8) is 0 Å². The summed E-state index contributed by atoms with van der Waals surface area (Å²) in [6, 6.07) is 0. The molecule has 0 fully saturated rings. The highest BCUT2D eigenvalue weighted by molar-refractivity contribution is 6.45. The lowest BCUT2D eigenvalue weighted by Crippen LogP contribution is -2.33. The Kier molecular flexibility index (Phi) is 4.75. The largest absolute Gasteiger partial charge is 0.484 e. The summed E-state index contributed by atoms with van der Waals surface area (Å²) < 4.78 is 5.23. The Morgan fingerprint density at radius 1 is 1.35 bits per heavy atom. The van der Waals surface area contributed by atoms with E-state index in [2.05, 4.69) is 18.8 Å². The number of methoxy groups -OCH3 is 1. The van der Waals surface area contributed by atoms with Crippen LogP contribution in [0.4, 0.5) is 0 Å². The number of rotatable bonds is 3. The lowest BCUT2D eigenvalue weighted by atomic mass is 9.88. The molecule has 0 aromatic carbocycles. The summed E-state index contributed by atoms with van der Waals surface area (Å²) in [5.41, 5.74) is 0.653. The summed E-state index contributed by atoms with van der Waals surface area (Å²) in [5.74, 6) is 0.622. The summed E-state index contributed by atoms with van der Waals surface area (Å²) in [7, 11) is 1.55. The zero-order valence-corrected chi connectivity index (χ0v) is 11.8. The monoisotopic (exact) mass is 257 g/mol. The molecule has 1 atom stereocenters. The van der Waals surface area contributed by atoms with Gasteiger partial charge in [-0.15, -0.1) is 0 Å². The van der Waals surface area contributed by atoms with Crippen LogP contribution in [-0.4, -0.2) is 18.8 Å². The highest BCUT2D eigenvalue weighted by Gasteiger charge is 2.35. The molecule has 3 nitrogen and oxygen atoms in total. The zero-order valence-electron chi connectivity index (χ0n) is 11.1. The molecule has 0 amide bonds. The van der Waals surface area contributed by atoms with Crippen LogP contribution in [0.25, 0.3) is 0 Å². The van der Waals surface area contributed by atoms with Gasteiger partial charge in [0.25, 0.3) is 0 Å². The first kappa shape index (κ1) is 14.2. The van der Waals surface area contributed by atoms with Gasteiger partial charge in [-0.05, 0) is 18.3 Å². The molecule has 1 rings (SSSR count). The number of carbonyl (C=O) groups is 1. The molecule has 96 valence electrons. The fourth-order valence-corrected chi connectivity index (χ4v) is 2.16. The zero-order chi connectivity index (χ0) is 13.2. The molecule has 0 aliphatic carbocycles. The lowest BCUT2D eigenvalue weighted by molar-refractivity contribution is -0.118. The first-order valence-corrected chi connectivity index (χ1v) is 6.31. The molecule has 0 N–H and O–H groups in total. The van der Waals surface area contributed by atoms with Crippen LogP contribution in [0.3, 0.4) is 0 Å². The number of Topliss-reactive ketones (excluding diaryl/α,β-unsaturated/α-hetero) is 1. The lowest BCUT2D eigenvalue weighted by Gasteiger charge is -2.25. The maximum absolute atomic E-state index is 12.2. The van der Waals surface area contributed by atoms with Crippen LogP contribution in [0, 0.1) is 17.8 Å². The molecule has 17 heavy (non-hydrogen) atoms. The Balaban J connectivity index is 3.11. The summed E-state index contributed by atoms with van der Waals surface area (Å²) >= 11 is 6.11.